The lowest BCUT2D eigenvalue weighted by atomic mass is 9.64. The number of Topliss-reactive ketones (excluding diaryl/α,β-unsaturated/α-hetero) is 2. The standard InChI is InChI=1S/C56H76N6O6/c1-5-59-46-26-39-15-11-14-38-13-7-10-21-53(3,29-37-18-19-47(57)61-32-37)30-40-16-12-17-44-49(40)51(65)56(52(66)67-34-41(46)25-45(38)39)55(68-56,50(44)64)31-42(33-63)36(2)28-54(22-8-6-9-23-54)43-20-24-60-48(27-43)62-35-58-4/h11-12,15-20,26-27,32,38,41,45-47,58-63H,5-10,13-14,21-25,28-31,33-35,57H2,1-4H3/b42-36-/t38-,41-,45-,46+,47?,53+,55-,56-/m0/s1. The maximum absolute atomic E-state index is 15.7. The molecule has 1 spiro atoms. The molecule has 12 nitrogen and oxygen atoms in total. The zero-order valence-corrected chi connectivity index (χ0v) is 40.9. The number of dihydropyridines is 2. The zero-order valence-electron chi connectivity index (χ0n) is 40.9. The summed E-state index contributed by atoms with van der Waals surface area (Å²) in [6, 6.07) is 5.52. The van der Waals surface area contributed by atoms with Crippen molar-refractivity contribution in [2.24, 2.45) is 34.3 Å². The van der Waals surface area contributed by atoms with Crippen LogP contribution < -0.4 is 32.3 Å². The van der Waals surface area contributed by atoms with Gasteiger partial charge in [0.05, 0.1) is 26.0 Å². The van der Waals surface area contributed by atoms with Crippen molar-refractivity contribution >= 4 is 17.5 Å². The van der Waals surface area contributed by atoms with Gasteiger partial charge in [0.25, 0.3) is 5.60 Å². The first kappa shape index (κ1) is 48.4. The molecule has 68 heavy (non-hydrogen) atoms. The monoisotopic (exact) mass is 929 g/mol. The Morgan fingerprint density at radius 2 is 1.84 bits per heavy atom. The number of aliphatic hydroxyl groups excluding tert-OH is 1. The summed E-state index contributed by atoms with van der Waals surface area (Å²) < 4.78 is 13.0. The van der Waals surface area contributed by atoms with Crippen molar-refractivity contribution in [1.82, 2.24) is 26.6 Å². The number of hydrogen-bond donors (Lipinski definition) is 7. The highest BCUT2D eigenvalue weighted by molar-refractivity contribution is 6.33. The maximum atomic E-state index is 15.7. The Bertz CT molecular complexity index is 2350. The molecule has 366 valence electrons. The first-order valence-electron chi connectivity index (χ1n) is 25.8. The SMILES string of the molecule is CCN[C@@H]1C=C2C=CC[C@@H]3CCCC[C@](C)(CC4=CNC(N)C=C4)Cc4cccc5c4C(=O)[C@]4(O[C@@]4(C/C(CO)=C(\C)CC4(C6=CCNC(NCNC)=C6)CCCCC4)C5=O)C(=O)OC[C@@H]1C[C@H]23. The van der Waals surface area contributed by atoms with E-state index in [-0.39, 0.29) is 59.7 Å². The number of fused-ring (bicyclic) bond motifs is 1. The predicted molar refractivity (Wildman–Crippen MR) is 266 cm³/mol. The van der Waals surface area contributed by atoms with Crippen molar-refractivity contribution < 1.29 is 29.0 Å². The van der Waals surface area contributed by atoms with Gasteiger partial charge in [0.1, 0.15) is 5.82 Å². The molecule has 4 bridgehead atoms. The van der Waals surface area contributed by atoms with Crippen LogP contribution in [0.2, 0.25) is 0 Å². The van der Waals surface area contributed by atoms with Gasteiger partial charge >= 0.3 is 5.97 Å². The van der Waals surface area contributed by atoms with E-state index in [0.717, 1.165) is 99.7 Å². The minimum absolute atomic E-state index is 0.0189. The van der Waals surface area contributed by atoms with Crippen LogP contribution in [0.5, 0.6) is 0 Å². The van der Waals surface area contributed by atoms with Crippen LogP contribution in [-0.2, 0) is 20.7 Å². The molecule has 8 atom stereocenters. The molecule has 1 unspecified atom stereocenters. The summed E-state index contributed by atoms with van der Waals surface area (Å²) in [6.45, 7) is 8.27. The predicted octanol–water partition coefficient (Wildman–Crippen LogP) is 7.25. The van der Waals surface area contributed by atoms with Crippen LogP contribution in [0.1, 0.15) is 137 Å². The van der Waals surface area contributed by atoms with E-state index in [1.807, 2.05) is 38.4 Å². The number of hydrogen-bond acceptors (Lipinski definition) is 12. The number of epoxide rings is 1. The molecule has 1 saturated heterocycles. The van der Waals surface area contributed by atoms with Gasteiger partial charge in [-0.25, -0.2) is 4.79 Å². The molecule has 1 saturated carbocycles. The second-order valence-electron chi connectivity index (χ2n) is 21.7. The molecule has 0 amide bonds. The fourth-order valence-electron chi connectivity index (χ4n) is 13.4. The molecule has 4 aliphatic carbocycles. The third kappa shape index (κ3) is 9.16. The molecular formula is C56H76N6O6. The minimum Gasteiger partial charge on any atom is -0.463 e. The number of nitrogens with one attached hydrogen (secondary N) is 5. The van der Waals surface area contributed by atoms with Gasteiger partial charge in [-0.05, 0) is 141 Å². The van der Waals surface area contributed by atoms with E-state index in [1.165, 1.54) is 17.6 Å². The number of likely N-dealkylation sites (N-methyl/N-ethyl adjacent to an activating group) is 1. The van der Waals surface area contributed by atoms with Gasteiger partial charge in [0.2, 0.25) is 5.78 Å². The third-order valence-electron chi connectivity index (χ3n) is 17.0. The van der Waals surface area contributed by atoms with Gasteiger partial charge in [-0.1, -0.05) is 100 Å². The summed E-state index contributed by atoms with van der Waals surface area (Å²) >= 11 is 0. The molecule has 4 aliphatic heterocycles. The van der Waals surface area contributed by atoms with Crippen molar-refractivity contribution in [3.63, 3.8) is 0 Å². The van der Waals surface area contributed by atoms with Gasteiger partial charge in [-0.2, -0.15) is 0 Å². The van der Waals surface area contributed by atoms with Crippen molar-refractivity contribution in [3.8, 4) is 0 Å². The number of ether oxygens (including phenoxy) is 2. The maximum Gasteiger partial charge on any atom is 0.350 e. The number of esters is 1. The average molecular weight is 929 g/mol. The fourth-order valence-corrected chi connectivity index (χ4v) is 13.4. The van der Waals surface area contributed by atoms with Crippen LogP contribution in [0, 0.1) is 28.6 Å². The molecule has 0 radical (unpaired) electrons. The van der Waals surface area contributed by atoms with Crippen molar-refractivity contribution in [3.05, 3.63) is 117 Å². The first-order valence-corrected chi connectivity index (χ1v) is 25.8. The van der Waals surface area contributed by atoms with Gasteiger partial charge in [0.15, 0.2) is 11.4 Å². The normalized spacial score (nSPS) is 33.5. The lowest BCUT2D eigenvalue weighted by molar-refractivity contribution is -0.150. The Kier molecular flexibility index (Phi) is 14.3. The number of ketones is 2. The smallest absolute Gasteiger partial charge is 0.350 e. The Morgan fingerprint density at radius 1 is 1.01 bits per heavy atom. The number of carbonyl (C=O) groups is 3. The van der Waals surface area contributed by atoms with Gasteiger partial charge in [-0.3, -0.25) is 9.59 Å². The minimum atomic E-state index is -2.18. The van der Waals surface area contributed by atoms with Crippen molar-refractivity contribution in [2.75, 3.05) is 40.0 Å². The first-order chi connectivity index (χ1) is 32.9. The van der Waals surface area contributed by atoms with Crippen LogP contribution in [0.4, 0.5) is 0 Å². The van der Waals surface area contributed by atoms with Gasteiger partial charge in [-0.15, -0.1) is 0 Å². The molecule has 8 aliphatic rings. The van der Waals surface area contributed by atoms with Crippen LogP contribution >= 0.6 is 0 Å². The third-order valence-corrected chi connectivity index (χ3v) is 17.0. The molecule has 8 N–H and O–H groups in total. The molecule has 0 aromatic heterocycles. The summed E-state index contributed by atoms with van der Waals surface area (Å²) in [7, 11) is 1.91. The highest BCUT2D eigenvalue weighted by Gasteiger charge is 2.86. The number of benzene rings is 1. The molecule has 1 aromatic carbocycles. The summed E-state index contributed by atoms with van der Waals surface area (Å²) in [4.78, 5) is 46.4. The Balaban J connectivity index is 1.11. The molecule has 2 fully saturated rings. The van der Waals surface area contributed by atoms with Crippen LogP contribution in [-0.4, -0.2) is 86.1 Å². The van der Waals surface area contributed by atoms with E-state index in [9.17, 15) is 5.11 Å². The Labute approximate surface area is 403 Å². The Morgan fingerprint density at radius 3 is 2.60 bits per heavy atom. The van der Waals surface area contributed by atoms with Crippen molar-refractivity contribution in [1.29, 1.82) is 0 Å². The van der Waals surface area contributed by atoms with Crippen LogP contribution in [0.15, 0.2) is 101 Å². The molecule has 1 aromatic rings. The number of aliphatic hydroxyl groups is 1. The van der Waals surface area contributed by atoms with E-state index >= 15 is 14.4 Å². The van der Waals surface area contributed by atoms with Crippen molar-refractivity contribution in [2.45, 2.75) is 140 Å². The van der Waals surface area contributed by atoms with E-state index in [2.05, 4.69) is 76.9 Å². The zero-order chi connectivity index (χ0) is 47.7. The number of rotatable bonds is 13. The van der Waals surface area contributed by atoms with Gasteiger partial charge < -0.3 is 46.9 Å². The average Bonchev–Trinajstić information content (AvgIpc) is 4.05. The highest BCUT2D eigenvalue weighted by atomic mass is 16.7. The lowest BCUT2D eigenvalue weighted by Gasteiger charge is -2.41. The quantitative estimate of drug-likeness (QED) is 0.0347. The number of cyclic esters (lactones) is 1. The largest absolute Gasteiger partial charge is 0.463 e. The van der Waals surface area contributed by atoms with E-state index in [1.54, 1.807) is 6.07 Å². The molecule has 4 heterocycles. The summed E-state index contributed by atoms with van der Waals surface area (Å²) in [5.41, 5.74) is 8.26. The van der Waals surface area contributed by atoms with Crippen LogP contribution in [0.3, 0.4) is 0 Å². The summed E-state index contributed by atoms with van der Waals surface area (Å²) in [5.74, 6) is 0.0442. The second kappa shape index (κ2) is 20.0. The van der Waals surface area contributed by atoms with E-state index < -0.39 is 28.7 Å². The van der Waals surface area contributed by atoms with Gasteiger partial charge in [0, 0.05) is 42.3 Å². The number of nitrogens with two attached hydrogens (primary N) is 1. The second-order valence-corrected chi connectivity index (χ2v) is 21.7. The number of carbonyl (C=O) groups excluding carboxylic acids is 3. The summed E-state index contributed by atoms with van der Waals surface area (Å²) in [6.07, 6.45) is 30.5. The highest BCUT2D eigenvalue weighted by Crippen LogP contribution is 2.61. The van der Waals surface area contributed by atoms with E-state index in [4.69, 9.17) is 15.2 Å². The topological polar surface area (TPSA) is 179 Å². The van der Waals surface area contributed by atoms with E-state index in [0.29, 0.717) is 43.5 Å². The molecular weight excluding hydrogens is 853 g/mol. The lowest BCUT2D eigenvalue weighted by Crippen LogP contribution is -2.52. The molecule has 9 rings (SSSR count). The molecule has 12 heteroatoms. The van der Waals surface area contributed by atoms with Crippen LogP contribution in [0.25, 0.3) is 0 Å². The Hall–Kier alpha value is -4.59. The summed E-state index contributed by atoms with van der Waals surface area (Å²) in [5, 5.41) is 28.3. The number of allylic oxidation sites excluding steroid dienone is 8. The fraction of sp³-hybridized carbons (Fsp3) is 0.589.